The zero-order chi connectivity index (χ0) is 13.8. The molecule has 1 aromatic carbocycles. The lowest BCUT2D eigenvalue weighted by atomic mass is 10.2. The molecule has 3 aromatic rings. The normalized spacial score (nSPS) is 12.2. The maximum atomic E-state index is 4.31. The van der Waals surface area contributed by atoms with Gasteiger partial charge in [-0.15, -0.1) is 11.3 Å². The summed E-state index contributed by atoms with van der Waals surface area (Å²) in [5.41, 5.74) is 3.99. The average Bonchev–Trinajstić information content (AvgIpc) is 3.13. The van der Waals surface area contributed by atoms with Gasteiger partial charge in [-0.2, -0.15) is 5.10 Å². The molecule has 1 atom stereocenters. The number of aromatic amines is 1. The number of aromatic nitrogens is 4. The summed E-state index contributed by atoms with van der Waals surface area (Å²) in [6.45, 7) is 2.10. The summed E-state index contributed by atoms with van der Waals surface area (Å²) < 4.78 is 0. The van der Waals surface area contributed by atoms with Crippen molar-refractivity contribution >= 4 is 28.8 Å². The molecule has 0 saturated heterocycles. The van der Waals surface area contributed by atoms with Crippen molar-refractivity contribution in [1.29, 1.82) is 0 Å². The molecule has 0 aliphatic heterocycles. The van der Waals surface area contributed by atoms with Crippen molar-refractivity contribution in [2.45, 2.75) is 23.0 Å². The van der Waals surface area contributed by atoms with Gasteiger partial charge in [0.2, 0.25) is 0 Å². The third-order valence-electron chi connectivity index (χ3n) is 2.74. The molecular weight excluding hydrogens is 290 g/mol. The monoisotopic (exact) mass is 303 g/mol. The Bertz CT molecular complexity index is 634. The highest BCUT2D eigenvalue weighted by Gasteiger charge is 2.07. The minimum absolute atomic E-state index is 0.203. The molecule has 2 N–H and O–H groups in total. The molecule has 0 amide bonds. The van der Waals surface area contributed by atoms with E-state index >= 15 is 0 Å². The van der Waals surface area contributed by atoms with Gasteiger partial charge in [-0.1, -0.05) is 11.8 Å². The van der Waals surface area contributed by atoms with Crippen LogP contribution in [0, 0.1) is 0 Å². The second-order valence-electron chi connectivity index (χ2n) is 4.20. The fraction of sp³-hybridized carbons (Fsp3) is 0.154. The zero-order valence-electron chi connectivity index (χ0n) is 10.8. The summed E-state index contributed by atoms with van der Waals surface area (Å²) in [5.74, 6) is 0. The highest BCUT2D eigenvalue weighted by atomic mass is 32.2. The van der Waals surface area contributed by atoms with Gasteiger partial charge in [-0.3, -0.25) is 5.10 Å². The van der Waals surface area contributed by atoms with Gasteiger partial charge in [0.05, 0.1) is 17.2 Å². The van der Waals surface area contributed by atoms with Gasteiger partial charge in [-0.25, -0.2) is 9.97 Å². The fourth-order valence-electron chi connectivity index (χ4n) is 1.73. The van der Waals surface area contributed by atoms with Gasteiger partial charge in [0.1, 0.15) is 6.33 Å². The van der Waals surface area contributed by atoms with E-state index in [9.17, 15) is 0 Å². The molecule has 3 rings (SSSR count). The summed E-state index contributed by atoms with van der Waals surface area (Å²) in [4.78, 5) is 9.52. The minimum Gasteiger partial charge on any atom is -0.377 e. The van der Waals surface area contributed by atoms with Gasteiger partial charge < -0.3 is 5.32 Å². The van der Waals surface area contributed by atoms with Crippen molar-refractivity contribution in [3.63, 3.8) is 0 Å². The minimum atomic E-state index is 0.203. The molecule has 2 aromatic heterocycles. The van der Waals surface area contributed by atoms with E-state index in [1.165, 1.54) is 6.33 Å². The molecule has 0 bridgehead atoms. The maximum absolute atomic E-state index is 4.31. The second-order valence-corrected chi connectivity index (χ2v) is 5.98. The van der Waals surface area contributed by atoms with Crippen LogP contribution in [0.15, 0.2) is 51.5 Å². The predicted octanol–water partition coefficient (Wildman–Crippen LogP) is 3.59. The number of thiazole rings is 1. The molecule has 0 radical (unpaired) electrons. The average molecular weight is 303 g/mol. The van der Waals surface area contributed by atoms with Crippen molar-refractivity contribution in [1.82, 2.24) is 20.2 Å². The number of hydrogen-bond acceptors (Lipinski definition) is 6. The molecule has 0 aliphatic carbocycles. The zero-order valence-corrected chi connectivity index (χ0v) is 12.4. The summed E-state index contributed by atoms with van der Waals surface area (Å²) >= 11 is 3.16. The van der Waals surface area contributed by atoms with Crippen LogP contribution < -0.4 is 5.32 Å². The molecule has 5 nitrogen and oxygen atoms in total. The summed E-state index contributed by atoms with van der Waals surface area (Å²) in [6.07, 6.45) is 1.51. The Kier molecular flexibility index (Phi) is 3.98. The molecule has 0 aliphatic rings. The number of nitrogens with zero attached hydrogens (tertiary/aromatic N) is 3. The van der Waals surface area contributed by atoms with E-state index in [-0.39, 0.29) is 6.04 Å². The SMILES string of the molecule is CC(Nc1ccc(Sc2ncn[nH]2)cc1)c1cscn1. The number of rotatable bonds is 5. The van der Waals surface area contributed by atoms with Crippen LogP contribution in [0.2, 0.25) is 0 Å². The Balaban J connectivity index is 1.64. The molecule has 0 spiro atoms. The van der Waals surface area contributed by atoms with E-state index in [2.05, 4.69) is 62.1 Å². The Morgan fingerprint density at radius 3 is 2.75 bits per heavy atom. The second kappa shape index (κ2) is 6.06. The molecule has 7 heteroatoms. The maximum Gasteiger partial charge on any atom is 0.188 e. The lowest BCUT2D eigenvalue weighted by molar-refractivity contribution is 0.850. The number of anilines is 1. The van der Waals surface area contributed by atoms with Crippen LogP contribution in [-0.4, -0.2) is 20.2 Å². The highest BCUT2D eigenvalue weighted by Crippen LogP contribution is 2.26. The lowest BCUT2D eigenvalue weighted by Crippen LogP contribution is -2.06. The number of nitrogens with one attached hydrogen (secondary N) is 2. The Morgan fingerprint density at radius 2 is 2.10 bits per heavy atom. The highest BCUT2D eigenvalue weighted by molar-refractivity contribution is 7.99. The van der Waals surface area contributed by atoms with Gasteiger partial charge in [0.15, 0.2) is 5.16 Å². The molecule has 0 saturated carbocycles. The Morgan fingerprint density at radius 1 is 1.25 bits per heavy atom. The smallest absolute Gasteiger partial charge is 0.188 e. The third-order valence-corrected chi connectivity index (χ3v) is 4.24. The van der Waals surface area contributed by atoms with E-state index in [4.69, 9.17) is 0 Å². The molecule has 2 heterocycles. The molecular formula is C13H13N5S2. The van der Waals surface area contributed by atoms with E-state index in [1.807, 2.05) is 5.51 Å². The Labute approximate surface area is 124 Å². The van der Waals surface area contributed by atoms with Crippen LogP contribution >= 0.6 is 23.1 Å². The van der Waals surface area contributed by atoms with Gasteiger partial charge >= 0.3 is 0 Å². The first-order valence-electron chi connectivity index (χ1n) is 6.09. The van der Waals surface area contributed by atoms with Crippen molar-refractivity contribution in [2.75, 3.05) is 5.32 Å². The standard InChI is InChI=1S/C13H13N5S2/c1-9(12-6-19-8-15-12)17-10-2-4-11(5-3-10)20-13-14-7-16-18-13/h2-9,17H,1H3,(H,14,16,18). The van der Waals surface area contributed by atoms with Crippen molar-refractivity contribution in [3.05, 3.63) is 47.2 Å². The van der Waals surface area contributed by atoms with Crippen molar-refractivity contribution < 1.29 is 0 Å². The molecule has 102 valence electrons. The molecule has 1 unspecified atom stereocenters. The quantitative estimate of drug-likeness (QED) is 0.754. The number of benzene rings is 1. The van der Waals surface area contributed by atoms with Crippen LogP contribution in [0.1, 0.15) is 18.7 Å². The number of hydrogen-bond donors (Lipinski definition) is 2. The summed E-state index contributed by atoms with van der Waals surface area (Å²) in [6, 6.07) is 8.43. The van der Waals surface area contributed by atoms with Crippen LogP contribution in [0.4, 0.5) is 5.69 Å². The van der Waals surface area contributed by atoms with Crippen LogP contribution in [-0.2, 0) is 0 Å². The Hall–Kier alpha value is -1.86. The topological polar surface area (TPSA) is 66.5 Å². The predicted molar refractivity (Wildman–Crippen MR) is 81.1 cm³/mol. The summed E-state index contributed by atoms with van der Waals surface area (Å²) in [5, 5.41) is 12.9. The third kappa shape index (κ3) is 3.17. The number of H-pyrrole nitrogens is 1. The van der Waals surface area contributed by atoms with Crippen molar-refractivity contribution in [2.24, 2.45) is 0 Å². The van der Waals surface area contributed by atoms with Gasteiger partial charge in [-0.05, 0) is 31.2 Å². The first kappa shape index (κ1) is 13.1. The molecule has 20 heavy (non-hydrogen) atoms. The lowest BCUT2D eigenvalue weighted by Gasteiger charge is -2.13. The van der Waals surface area contributed by atoms with Gasteiger partial charge in [0, 0.05) is 16.0 Å². The largest absolute Gasteiger partial charge is 0.377 e. The van der Waals surface area contributed by atoms with Crippen LogP contribution in [0.3, 0.4) is 0 Å². The van der Waals surface area contributed by atoms with E-state index in [0.29, 0.717) is 0 Å². The van der Waals surface area contributed by atoms with Gasteiger partial charge in [0.25, 0.3) is 0 Å². The van der Waals surface area contributed by atoms with E-state index in [1.54, 1.807) is 23.1 Å². The van der Waals surface area contributed by atoms with Crippen LogP contribution in [0.5, 0.6) is 0 Å². The first-order chi connectivity index (χ1) is 9.81. The first-order valence-corrected chi connectivity index (χ1v) is 7.85. The van der Waals surface area contributed by atoms with E-state index < -0.39 is 0 Å². The summed E-state index contributed by atoms with van der Waals surface area (Å²) in [7, 11) is 0. The van der Waals surface area contributed by atoms with E-state index in [0.717, 1.165) is 21.4 Å². The molecule has 0 fully saturated rings. The van der Waals surface area contributed by atoms with Crippen LogP contribution in [0.25, 0.3) is 0 Å². The fourth-order valence-corrected chi connectivity index (χ4v) is 3.08. The van der Waals surface area contributed by atoms with Crippen molar-refractivity contribution in [3.8, 4) is 0 Å².